The number of urea groups is 1. The number of piperazine rings is 1. The predicted octanol–water partition coefficient (Wildman–Crippen LogP) is 2.66. The molecule has 0 radical (unpaired) electrons. The van der Waals surface area contributed by atoms with Crippen LogP contribution in [-0.2, 0) is 15.1 Å². The highest BCUT2D eigenvalue weighted by molar-refractivity contribution is 6.09. The van der Waals surface area contributed by atoms with Crippen molar-refractivity contribution in [2.45, 2.75) is 12.5 Å². The van der Waals surface area contributed by atoms with Crippen molar-refractivity contribution in [2.24, 2.45) is 0 Å². The summed E-state index contributed by atoms with van der Waals surface area (Å²) in [5.74, 6) is -0.470. The zero-order valence-electron chi connectivity index (χ0n) is 18.9. The number of rotatable bonds is 4. The summed E-state index contributed by atoms with van der Waals surface area (Å²) >= 11 is 0. The van der Waals surface area contributed by atoms with Crippen LogP contribution < -0.4 is 10.2 Å². The van der Waals surface area contributed by atoms with Gasteiger partial charge in [0.1, 0.15) is 17.8 Å². The highest BCUT2D eigenvalue weighted by Gasteiger charge is 2.49. The number of carbonyl (C=O) groups is 3. The number of benzene rings is 3. The topological polar surface area (TPSA) is 93.2 Å². The van der Waals surface area contributed by atoms with Gasteiger partial charge in [-0.2, -0.15) is 0 Å². The molecule has 8 nitrogen and oxygen atoms in total. The third kappa shape index (κ3) is 3.81. The van der Waals surface area contributed by atoms with Gasteiger partial charge in [0.25, 0.3) is 5.91 Å². The molecule has 2 aliphatic rings. The van der Waals surface area contributed by atoms with Gasteiger partial charge >= 0.3 is 6.03 Å². The number of aromatic hydroxyl groups is 1. The van der Waals surface area contributed by atoms with Crippen molar-refractivity contribution < 1.29 is 19.5 Å². The first-order valence-corrected chi connectivity index (χ1v) is 11.3. The minimum atomic E-state index is -1.22. The number of imide groups is 1. The summed E-state index contributed by atoms with van der Waals surface area (Å²) in [5, 5.41) is 14.3. The molecule has 0 unspecified atom stereocenters. The fraction of sp³-hybridized carbons (Fsp3) is 0.269. The number of phenols is 1. The van der Waals surface area contributed by atoms with E-state index < -0.39 is 17.5 Å². The average Bonchev–Trinajstić information content (AvgIpc) is 3.08. The van der Waals surface area contributed by atoms with Gasteiger partial charge in [-0.3, -0.25) is 14.5 Å². The van der Waals surface area contributed by atoms with Gasteiger partial charge in [0.05, 0.1) is 0 Å². The summed E-state index contributed by atoms with van der Waals surface area (Å²) in [6.07, 6.45) is 0. The molecule has 0 saturated carbocycles. The Labute approximate surface area is 197 Å². The number of hydrogen-bond acceptors (Lipinski definition) is 5. The predicted molar refractivity (Wildman–Crippen MR) is 128 cm³/mol. The molecule has 0 spiro atoms. The van der Waals surface area contributed by atoms with Crippen LogP contribution in [0.5, 0.6) is 5.75 Å². The van der Waals surface area contributed by atoms with Gasteiger partial charge in [-0.05, 0) is 53.6 Å². The van der Waals surface area contributed by atoms with Gasteiger partial charge in [0.2, 0.25) is 5.91 Å². The number of nitrogens with zero attached hydrogens (tertiary/aromatic N) is 3. The van der Waals surface area contributed by atoms with E-state index in [-0.39, 0.29) is 18.2 Å². The average molecular weight is 459 g/mol. The highest BCUT2D eigenvalue weighted by Crippen LogP contribution is 2.31. The molecule has 2 fully saturated rings. The maximum atomic E-state index is 13.3. The molecular formula is C26H26N4O4. The lowest BCUT2D eigenvalue weighted by molar-refractivity contribution is -0.139. The maximum Gasteiger partial charge on any atom is 0.325 e. The van der Waals surface area contributed by atoms with Crippen LogP contribution in [0.1, 0.15) is 12.5 Å². The molecule has 1 atom stereocenters. The minimum Gasteiger partial charge on any atom is -0.508 e. The lowest BCUT2D eigenvalue weighted by Gasteiger charge is -2.36. The monoisotopic (exact) mass is 458 g/mol. The van der Waals surface area contributed by atoms with E-state index in [0.29, 0.717) is 31.7 Å². The van der Waals surface area contributed by atoms with Crippen molar-refractivity contribution in [3.63, 3.8) is 0 Å². The van der Waals surface area contributed by atoms with E-state index >= 15 is 0 Å². The molecule has 5 rings (SSSR count). The zero-order valence-corrected chi connectivity index (χ0v) is 18.9. The molecular weight excluding hydrogens is 432 g/mol. The van der Waals surface area contributed by atoms with Crippen LogP contribution in [0.3, 0.4) is 0 Å². The van der Waals surface area contributed by atoms with E-state index in [2.05, 4.69) is 10.2 Å². The summed E-state index contributed by atoms with van der Waals surface area (Å²) in [4.78, 5) is 43.8. The van der Waals surface area contributed by atoms with Crippen molar-refractivity contribution in [1.82, 2.24) is 15.1 Å². The van der Waals surface area contributed by atoms with E-state index in [1.165, 1.54) is 0 Å². The van der Waals surface area contributed by atoms with Gasteiger partial charge in [0.15, 0.2) is 0 Å². The minimum absolute atomic E-state index is 0.210. The van der Waals surface area contributed by atoms with Crippen LogP contribution in [0.2, 0.25) is 0 Å². The molecule has 8 heteroatoms. The molecule has 174 valence electrons. The second-order valence-electron chi connectivity index (χ2n) is 8.89. The van der Waals surface area contributed by atoms with Crippen LogP contribution in [0, 0.1) is 0 Å². The van der Waals surface area contributed by atoms with Crippen molar-refractivity contribution >= 4 is 34.3 Å². The number of hydrogen-bond donors (Lipinski definition) is 2. The van der Waals surface area contributed by atoms with Crippen LogP contribution in [0.15, 0.2) is 66.7 Å². The summed E-state index contributed by atoms with van der Waals surface area (Å²) in [7, 11) is 0. The Balaban J connectivity index is 1.25. The third-order valence-corrected chi connectivity index (χ3v) is 6.74. The standard InChI is InChI=1S/C26H26N4O4/c1-26(20-7-6-18-4-2-3-5-19(18)16-20)24(33)30(25(34)27-26)17-23(32)29-14-12-28(13-15-29)21-8-10-22(31)11-9-21/h2-11,16,31H,12-15,17H2,1H3,(H,27,34)/t26-/m1/s1. The first-order chi connectivity index (χ1) is 16.3. The lowest BCUT2D eigenvalue weighted by Crippen LogP contribution is -2.52. The Bertz CT molecular complexity index is 1270. The van der Waals surface area contributed by atoms with Crippen molar-refractivity contribution in [2.75, 3.05) is 37.6 Å². The molecule has 34 heavy (non-hydrogen) atoms. The van der Waals surface area contributed by atoms with E-state index in [9.17, 15) is 19.5 Å². The maximum absolute atomic E-state index is 13.3. The van der Waals surface area contributed by atoms with E-state index in [1.54, 1.807) is 24.0 Å². The largest absolute Gasteiger partial charge is 0.508 e. The zero-order chi connectivity index (χ0) is 23.9. The molecule has 3 aromatic rings. The number of nitrogens with one attached hydrogen (secondary N) is 1. The summed E-state index contributed by atoms with van der Waals surface area (Å²) in [5.41, 5.74) is 0.436. The highest BCUT2D eigenvalue weighted by atomic mass is 16.3. The Morgan fingerprint density at radius 3 is 2.32 bits per heavy atom. The Morgan fingerprint density at radius 1 is 0.941 bits per heavy atom. The second-order valence-corrected chi connectivity index (χ2v) is 8.89. The molecule has 2 N–H and O–H groups in total. The van der Waals surface area contributed by atoms with Gasteiger partial charge < -0.3 is 20.2 Å². The van der Waals surface area contributed by atoms with Gasteiger partial charge in [-0.25, -0.2) is 4.79 Å². The summed E-state index contributed by atoms with van der Waals surface area (Å²) in [6, 6.07) is 19.9. The Hall–Kier alpha value is -4.07. The number of amides is 4. The van der Waals surface area contributed by atoms with Gasteiger partial charge in [-0.15, -0.1) is 0 Å². The van der Waals surface area contributed by atoms with Crippen LogP contribution in [0.25, 0.3) is 10.8 Å². The van der Waals surface area contributed by atoms with Crippen LogP contribution in [-0.4, -0.2) is 65.5 Å². The van der Waals surface area contributed by atoms with Crippen LogP contribution >= 0.6 is 0 Å². The van der Waals surface area contributed by atoms with Crippen molar-refractivity contribution in [3.05, 3.63) is 72.3 Å². The fourth-order valence-corrected chi connectivity index (χ4v) is 4.65. The molecule has 4 amide bonds. The van der Waals surface area contributed by atoms with Gasteiger partial charge in [0, 0.05) is 31.9 Å². The summed E-state index contributed by atoms with van der Waals surface area (Å²) in [6.45, 7) is 3.64. The molecule has 3 aromatic carbocycles. The Morgan fingerprint density at radius 2 is 1.62 bits per heavy atom. The Kier molecular flexibility index (Phi) is 5.36. The quantitative estimate of drug-likeness (QED) is 0.587. The molecule has 2 saturated heterocycles. The SMILES string of the molecule is C[C@]1(c2ccc3ccccc3c2)NC(=O)N(CC(=O)N2CCN(c3ccc(O)cc3)CC2)C1=O. The normalized spacial score (nSPS) is 20.7. The smallest absolute Gasteiger partial charge is 0.325 e. The molecule has 0 bridgehead atoms. The molecule has 2 heterocycles. The first kappa shape index (κ1) is 21.8. The lowest BCUT2D eigenvalue weighted by atomic mass is 9.90. The number of carbonyl (C=O) groups excluding carboxylic acids is 3. The third-order valence-electron chi connectivity index (χ3n) is 6.74. The molecule has 0 aromatic heterocycles. The van der Waals surface area contributed by atoms with Crippen molar-refractivity contribution in [1.29, 1.82) is 0 Å². The fourth-order valence-electron chi connectivity index (χ4n) is 4.65. The number of fused-ring (bicyclic) bond motifs is 1. The van der Waals surface area contributed by atoms with Crippen molar-refractivity contribution in [3.8, 4) is 5.75 Å². The number of anilines is 1. The van der Waals surface area contributed by atoms with Gasteiger partial charge in [-0.1, -0.05) is 36.4 Å². The van der Waals surface area contributed by atoms with Crippen LogP contribution in [0.4, 0.5) is 10.5 Å². The molecule has 2 aliphatic heterocycles. The van der Waals surface area contributed by atoms with E-state index in [0.717, 1.165) is 21.4 Å². The second kappa shape index (κ2) is 8.37. The number of phenolic OH excluding ortho intramolecular Hbond substituents is 1. The molecule has 0 aliphatic carbocycles. The van der Waals surface area contributed by atoms with E-state index in [1.807, 2.05) is 54.6 Å². The van der Waals surface area contributed by atoms with E-state index in [4.69, 9.17) is 0 Å². The summed E-state index contributed by atoms with van der Waals surface area (Å²) < 4.78 is 0. The first-order valence-electron chi connectivity index (χ1n) is 11.3.